The van der Waals surface area contributed by atoms with Crippen LogP contribution in [0.3, 0.4) is 0 Å². The molecule has 128 valence electrons. The number of hydrogen-bond acceptors (Lipinski definition) is 3. The molecular formula is C21H13BrClNO2. The van der Waals surface area contributed by atoms with Crippen LogP contribution in [0.4, 0.5) is 0 Å². The van der Waals surface area contributed by atoms with Gasteiger partial charge in [-0.3, -0.25) is 4.79 Å². The van der Waals surface area contributed by atoms with Crippen LogP contribution in [0.1, 0.15) is 5.56 Å². The van der Waals surface area contributed by atoms with Crippen LogP contribution in [0.15, 0.2) is 75.6 Å². The van der Waals surface area contributed by atoms with Gasteiger partial charge in [-0.2, -0.15) is 0 Å². The lowest BCUT2D eigenvalue weighted by Gasteiger charge is -2.02. The summed E-state index contributed by atoms with van der Waals surface area (Å²) < 4.78 is 6.80. The van der Waals surface area contributed by atoms with Crippen molar-refractivity contribution in [3.8, 4) is 22.6 Å². The van der Waals surface area contributed by atoms with Crippen LogP contribution in [0.2, 0.25) is 0 Å². The molecule has 1 aromatic heterocycles. The molecule has 0 aliphatic rings. The summed E-state index contributed by atoms with van der Waals surface area (Å²) in [6.45, 7) is 0. The van der Waals surface area contributed by atoms with E-state index in [2.05, 4.69) is 33.0 Å². The zero-order chi connectivity index (χ0) is 18.1. The first-order valence-electron chi connectivity index (χ1n) is 8.03. The van der Waals surface area contributed by atoms with Crippen LogP contribution in [-0.2, 0) is 11.2 Å². The highest BCUT2D eigenvalue weighted by molar-refractivity contribution is 9.10. The second-order valence-electron chi connectivity index (χ2n) is 5.92. The zero-order valence-corrected chi connectivity index (χ0v) is 15.9. The molecule has 26 heavy (non-hydrogen) atoms. The van der Waals surface area contributed by atoms with Gasteiger partial charge >= 0.3 is 0 Å². The van der Waals surface area contributed by atoms with Crippen LogP contribution in [0.25, 0.3) is 33.7 Å². The highest BCUT2D eigenvalue weighted by atomic mass is 79.9. The number of carbonyl (C=O) groups is 1. The van der Waals surface area contributed by atoms with Crippen molar-refractivity contribution in [3.63, 3.8) is 0 Å². The Morgan fingerprint density at radius 2 is 1.69 bits per heavy atom. The maximum atomic E-state index is 11.0. The number of aromatic nitrogens is 1. The number of oxazole rings is 1. The lowest BCUT2D eigenvalue weighted by Crippen LogP contribution is -1.92. The standard InChI is InChI=1S/C21H13BrClNO2/c22-17-11-16(14-4-2-1-3-5-14)12-18-20(17)26-21(24-18)15-8-6-13(7-9-15)10-19(23)25/h1-9,11-12H,10H2. The molecule has 0 saturated heterocycles. The molecule has 0 atom stereocenters. The highest BCUT2D eigenvalue weighted by Gasteiger charge is 2.13. The maximum Gasteiger partial charge on any atom is 0.227 e. The Kier molecular flexibility index (Phi) is 4.62. The summed E-state index contributed by atoms with van der Waals surface area (Å²) in [6, 6.07) is 21.7. The molecule has 0 radical (unpaired) electrons. The molecule has 0 fully saturated rings. The Morgan fingerprint density at radius 3 is 2.38 bits per heavy atom. The Hall–Kier alpha value is -2.43. The van der Waals surface area contributed by atoms with E-state index in [0.29, 0.717) is 11.5 Å². The number of benzene rings is 3. The van der Waals surface area contributed by atoms with Crippen molar-refractivity contribution in [3.05, 3.63) is 76.8 Å². The summed E-state index contributed by atoms with van der Waals surface area (Å²) in [7, 11) is 0. The predicted molar refractivity (Wildman–Crippen MR) is 107 cm³/mol. The fourth-order valence-electron chi connectivity index (χ4n) is 2.84. The largest absolute Gasteiger partial charge is 0.435 e. The average Bonchev–Trinajstić information content (AvgIpc) is 3.07. The average molecular weight is 427 g/mol. The molecule has 0 spiro atoms. The van der Waals surface area contributed by atoms with Crippen LogP contribution in [0.5, 0.6) is 0 Å². The number of hydrogen-bond donors (Lipinski definition) is 0. The van der Waals surface area contributed by atoms with Gasteiger partial charge in [0.15, 0.2) is 5.58 Å². The first-order valence-corrected chi connectivity index (χ1v) is 9.20. The maximum absolute atomic E-state index is 11.0. The van der Waals surface area contributed by atoms with Crippen LogP contribution in [0, 0.1) is 0 Å². The second-order valence-corrected chi connectivity index (χ2v) is 7.20. The third kappa shape index (κ3) is 3.43. The van der Waals surface area contributed by atoms with Crippen LogP contribution >= 0.6 is 27.5 Å². The van der Waals surface area contributed by atoms with E-state index >= 15 is 0 Å². The van der Waals surface area contributed by atoms with Gasteiger partial charge in [0.2, 0.25) is 11.1 Å². The summed E-state index contributed by atoms with van der Waals surface area (Å²) in [4.78, 5) is 15.6. The van der Waals surface area contributed by atoms with E-state index in [1.807, 2.05) is 54.6 Å². The molecule has 1 heterocycles. The second kappa shape index (κ2) is 7.06. The number of fused-ring (bicyclic) bond motifs is 1. The smallest absolute Gasteiger partial charge is 0.227 e. The predicted octanol–water partition coefficient (Wildman–Crippen LogP) is 6.23. The number of rotatable bonds is 4. The Labute approximate surface area is 163 Å². The van der Waals surface area contributed by atoms with Gasteiger partial charge in [0, 0.05) is 12.0 Å². The van der Waals surface area contributed by atoms with E-state index < -0.39 is 0 Å². The molecular weight excluding hydrogens is 414 g/mol. The van der Waals surface area contributed by atoms with Crippen LogP contribution < -0.4 is 0 Å². The summed E-state index contributed by atoms with van der Waals surface area (Å²) in [5, 5.41) is -0.378. The van der Waals surface area contributed by atoms with Crippen molar-refractivity contribution in [2.45, 2.75) is 6.42 Å². The van der Waals surface area contributed by atoms with Gasteiger partial charge in [-0.15, -0.1) is 0 Å². The van der Waals surface area contributed by atoms with Gasteiger partial charge in [-0.05, 0) is 68.5 Å². The van der Waals surface area contributed by atoms with Crippen molar-refractivity contribution < 1.29 is 9.21 Å². The molecule has 0 amide bonds. The summed E-state index contributed by atoms with van der Waals surface area (Å²) in [6.07, 6.45) is 0.210. The summed E-state index contributed by atoms with van der Waals surface area (Å²) >= 11 is 9.01. The van der Waals surface area contributed by atoms with Gasteiger partial charge in [0.1, 0.15) is 5.52 Å². The van der Waals surface area contributed by atoms with Crippen molar-refractivity contribution in [1.82, 2.24) is 4.98 Å². The van der Waals surface area contributed by atoms with Crippen molar-refractivity contribution in [1.29, 1.82) is 0 Å². The molecule has 3 aromatic carbocycles. The molecule has 0 aliphatic heterocycles. The van der Waals surface area contributed by atoms with E-state index in [1.165, 1.54) is 0 Å². The highest BCUT2D eigenvalue weighted by Crippen LogP contribution is 2.34. The van der Waals surface area contributed by atoms with Gasteiger partial charge in [0.25, 0.3) is 0 Å². The van der Waals surface area contributed by atoms with Gasteiger partial charge in [-0.25, -0.2) is 4.98 Å². The minimum atomic E-state index is -0.378. The lowest BCUT2D eigenvalue weighted by molar-refractivity contribution is -0.111. The molecule has 0 N–H and O–H groups in total. The number of carbonyl (C=O) groups excluding carboxylic acids is 1. The molecule has 0 saturated carbocycles. The Balaban J connectivity index is 1.73. The van der Waals surface area contributed by atoms with Crippen molar-refractivity contribution in [2.75, 3.05) is 0 Å². The van der Waals surface area contributed by atoms with Gasteiger partial charge in [0.05, 0.1) is 4.47 Å². The van der Waals surface area contributed by atoms with E-state index in [9.17, 15) is 4.79 Å². The zero-order valence-electron chi connectivity index (χ0n) is 13.6. The molecule has 3 nitrogen and oxygen atoms in total. The molecule has 4 aromatic rings. The van der Waals surface area contributed by atoms with Crippen LogP contribution in [-0.4, -0.2) is 10.2 Å². The van der Waals surface area contributed by atoms with Crippen molar-refractivity contribution >= 4 is 43.9 Å². The third-order valence-electron chi connectivity index (χ3n) is 4.10. The monoisotopic (exact) mass is 425 g/mol. The Bertz CT molecular complexity index is 1090. The first kappa shape index (κ1) is 17.0. The normalized spacial score (nSPS) is 11.0. The molecule has 0 bridgehead atoms. The molecule has 0 unspecified atom stereocenters. The third-order valence-corrected chi connectivity index (χ3v) is 4.82. The lowest BCUT2D eigenvalue weighted by atomic mass is 10.1. The van der Waals surface area contributed by atoms with E-state index in [0.717, 1.165) is 32.2 Å². The fourth-order valence-corrected chi connectivity index (χ4v) is 3.52. The summed E-state index contributed by atoms with van der Waals surface area (Å²) in [5.41, 5.74) is 5.39. The van der Waals surface area contributed by atoms with E-state index in [-0.39, 0.29) is 11.7 Å². The topological polar surface area (TPSA) is 43.1 Å². The van der Waals surface area contributed by atoms with Gasteiger partial charge in [-0.1, -0.05) is 42.5 Å². The SMILES string of the molecule is O=C(Cl)Cc1ccc(-c2nc3cc(-c4ccccc4)cc(Br)c3o2)cc1. The number of halogens is 2. The molecule has 5 heteroatoms. The Morgan fingerprint density at radius 1 is 0.962 bits per heavy atom. The minimum absolute atomic E-state index is 0.210. The first-order chi connectivity index (χ1) is 12.6. The fraction of sp³-hybridized carbons (Fsp3) is 0.0476. The van der Waals surface area contributed by atoms with Gasteiger partial charge < -0.3 is 4.42 Å². The summed E-state index contributed by atoms with van der Waals surface area (Å²) in [5.74, 6) is 0.537. The van der Waals surface area contributed by atoms with Crippen molar-refractivity contribution in [2.24, 2.45) is 0 Å². The number of nitrogens with zero attached hydrogens (tertiary/aromatic N) is 1. The van der Waals surface area contributed by atoms with E-state index in [4.69, 9.17) is 16.0 Å². The molecule has 0 aliphatic carbocycles. The quantitative estimate of drug-likeness (QED) is 0.363. The molecule has 4 rings (SSSR count). The van der Waals surface area contributed by atoms with E-state index in [1.54, 1.807) is 0 Å². The minimum Gasteiger partial charge on any atom is -0.435 e.